The van der Waals surface area contributed by atoms with Gasteiger partial charge in [-0.25, -0.2) is 0 Å². The zero-order valence-corrected chi connectivity index (χ0v) is 17.0. The highest BCUT2D eigenvalue weighted by atomic mass is 35.5. The van der Waals surface area contributed by atoms with Gasteiger partial charge in [0.25, 0.3) is 5.91 Å². The Balaban J connectivity index is 1.58. The fraction of sp³-hybridized carbons (Fsp3) is 0.333. The summed E-state index contributed by atoms with van der Waals surface area (Å²) in [6.45, 7) is 1.67. The van der Waals surface area contributed by atoms with Crippen LogP contribution in [0.3, 0.4) is 0 Å². The highest BCUT2D eigenvalue weighted by molar-refractivity contribution is 6.35. The highest BCUT2D eigenvalue weighted by Crippen LogP contribution is 2.22. The van der Waals surface area contributed by atoms with Crippen molar-refractivity contribution in [2.24, 2.45) is 0 Å². The van der Waals surface area contributed by atoms with Gasteiger partial charge in [-0.2, -0.15) is 0 Å². The number of amides is 2. The minimum absolute atomic E-state index is 0.0450. The molecule has 148 valence electrons. The average Bonchev–Trinajstić information content (AvgIpc) is 2.95. The van der Waals surface area contributed by atoms with E-state index >= 15 is 0 Å². The first-order valence-corrected chi connectivity index (χ1v) is 10.2. The molecule has 5 nitrogen and oxygen atoms in total. The van der Waals surface area contributed by atoms with Crippen molar-refractivity contribution in [1.82, 2.24) is 4.90 Å². The number of hydrogen-bond acceptors (Lipinski definition) is 3. The van der Waals surface area contributed by atoms with E-state index in [1.807, 2.05) is 23.1 Å². The molecule has 0 atom stereocenters. The van der Waals surface area contributed by atoms with Crippen molar-refractivity contribution in [3.05, 3.63) is 58.1 Å². The molecule has 28 heavy (non-hydrogen) atoms. The van der Waals surface area contributed by atoms with Crippen LogP contribution in [0.2, 0.25) is 10.0 Å². The normalized spacial score (nSPS) is 14.3. The van der Waals surface area contributed by atoms with E-state index < -0.39 is 0 Å². The molecule has 1 aliphatic rings. The van der Waals surface area contributed by atoms with E-state index in [0.717, 1.165) is 31.6 Å². The molecule has 2 N–H and O–H groups in total. The number of hydrogen-bond donors (Lipinski definition) is 2. The van der Waals surface area contributed by atoms with Crippen LogP contribution in [0.5, 0.6) is 0 Å². The molecule has 0 aromatic heterocycles. The number of benzene rings is 2. The minimum atomic E-state index is -0.234. The largest absolute Gasteiger partial charge is 0.376 e. The predicted octanol–water partition coefficient (Wildman–Crippen LogP) is 5.06. The first kappa shape index (κ1) is 20.5. The molecule has 2 aromatic carbocycles. The average molecular weight is 420 g/mol. The molecule has 3 rings (SSSR count). The van der Waals surface area contributed by atoms with Crippen molar-refractivity contribution in [3.8, 4) is 0 Å². The Kier molecular flexibility index (Phi) is 7.18. The molecule has 1 heterocycles. The molecule has 1 aliphatic heterocycles. The second-order valence-electron chi connectivity index (χ2n) is 6.85. The standard InChI is InChI=1S/C21H23Cl2N3O2/c22-16-11-17(23)13-19(12-16)25-20(27)14-24-18-7-5-6-15(10-18)21(28)26-8-3-1-2-4-9-26/h5-7,10-13,24H,1-4,8-9,14H2,(H,25,27). The molecule has 0 saturated carbocycles. The Bertz CT molecular complexity index is 829. The van der Waals surface area contributed by atoms with Gasteiger partial charge in [-0.05, 0) is 49.2 Å². The van der Waals surface area contributed by atoms with Crippen molar-refractivity contribution in [1.29, 1.82) is 0 Å². The van der Waals surface area contributed by atoms with E-state index in [-0.39, 0.29) is 18.4 Å². The number of rotatable bonds is 5. The lowest BCUT2D eigenvalue weighted by Crippen LogP contribution is -2.31. The molecule has 1 saturated heterocycles. The Morgan fingerprint density at radius 1 is 0.893 bits per heavy atom. The lowest BCUT2D eigenvalue weighted by molar-refractivity contribution is -0.114. The third-order valence-corrected chi connectivity index (χ3v) is 5.04. The third-order valence-electron chi connectivity index (χ3n) is 4.60. The second-order valence-corrected chi connectivity index (χ2v) is 7.72. The van der Waals surface area contributed by atoms with Gasteiger partial charge in [0.1, 0.15) is 0 Å². The predicted molar refractivity (Wildman–Crippen MR) is 114 cm³/mol. The van der Waals surface area contributed by atoms with Crippen LogP contribution >= 0.6 is 23.2 Å². The molecule has 0 unspecified atom stereocenters. The first-order chi connectivity index (χ1) is 13.5. The van der Waals surface area contributed by atoms with Crippen LogP contribution in [0.4, 0.5) is 11.4 Å². The van der Waals surface area contributed by atoms with E-state index in [1.165, 1.54) is 12.8 Å². The van der Waals surface area contributed by atoms with Gasteiger partial charge in [0.05, 0.1) is 6.54 Å². The maximum absolute atomic E-state index is 12.7. The fourth-order valence-corrected chi connectivity index (χ4v) is 3.76. The molecule has 0 spiro atoms. The first-order valence-electron chi connectivity index (χ1n) is 9.40. The quantitative estimate of drug-likeness (QED) is 0.711. The zero-order valence-electron chi connectivity index (χ0n) is 15.5. The van der Waals surface area contributed by atoms with Gasteiger partial charge < -0.3 is 15.5 Å². The summed E-state index contributed by atoms with van der Waals surface area (Å²) in [4.78, 5) is 26.8. The SMILES string of the molecule is O=C(CNc1cccc(C(=O)N2CCCCCC2)c1)Nc1cc(Cl)cc(Cl)c1. The molecular weight excluding hydrogens is 397 g/mol. The molecule has 0 radical (unpaired) electrons. The lowest BCUT2D eigenvalue weighted by Gasteiger charge is -2.20. The summed E-state index contributed by atoms with van der Waals surface area (Å²) in [6.07, 6.45) is 4.46. The van der Waals surface area contributed by atoms with Gasteiger partial charge in [0, 0.05) is 40.1 Å². The van der Waals surface area contributed by atoms with E-state index in [1.54, 1.807) is 24.3 Å². The Labute approximate surface area is 175 Å². The van der Waals surface area contributed by atoms with Crippen LogP contribution in [-0.2, 0) is 4.79 Å². The van der Waals surface area contributed by atoms with Crippen LogP contribution in [0.15, 0.2) is 42.5 Å². The van der Waals surface area contributed by atoms with Crippen LogP contribution < -0.4 is 10.6 Å². The number of halogens is 2. The summed E-state index contributed by atoms with van der Waals surface area (Å²) in [6, 6.07) is 12.1. The molecule has 7 heteroatoms. The molecule has 0 bridgehead atoms. The molecular formula is C21H23Cl2N3O2. The lowest BCUT2D eigenvalue weighted by atomic mass is 10.1. The Hall–Kier alpha value is -2.24. The van der Waals surface area contributed by atoms with Crippen molar-refractivity contribution in [2.45, 2.75) is 25.7 Å². The summed E-state index contributed by atoms with van der Waals surface area (Å²) in [5.74, 6) is -0.189. The van der Waals surface area contributed by atoms with E-state index in [9.17, 15) is 9.59 Å². The number of anilines is 2. The van der Waals surface area contributed by atoms with Gasteiger partial charge >= 0.3 is 0 Å². The van der Waals surface area contributed by atoms with Crippen LogP contribution in [-0.4, -0.2) is 36.3 Å². The third kappa shape index (κ3) is 5.88. The van der Waals surface area contributed by atoms with Gasteiger partial charge in [-0.1, -0.05) is 42.1 Å². The van der Waals surface area contributed by atoms with Crippen LogP contribution in [0.25, 0.3) is 0 Å². The van der Waals surface area contributed by atoms with Crippen molar-refractivity contribution >= 4 is 46.4 Å². The summed E-state index contributed by atoms with van der Waals surface area (Å²) in [7, 11) is 0. The maximum atomic E-state index is 12.7. The summed E-state index contributed by atoms with van der Waals surface area (Å²) in [5.41, 5.74) is 1.89. The topological polar surface area (TPSA) is 61.4 Å². The Morgan fingerprint density at radius 3 is 2.25 bits per heavy atom. The molecule has 2 amide bonds. The van der Waals surface area contributed by atoms with Gasteiger partial charge in [-0.15, -0.1) is 0 Å². The van der Waals surface area contributed by atoms with Gasteiger partial charge in [-0.3, -0.25) is 9.59 Å². The fourth-order valence-electron chi connectivity index (χ4n) is 3.23. The van der Waals surface area contributed by atoms with Crippen molar-refractivity contribution < 1.29 is 9.59 Å². The summed E-state index contributed by atoms with van der Waals surface area (Å²) >= 11 is 11.9. The van der Waals surface area contributed by atoms with Gasteiger partial charge in [0.2, 0.25) is 5.91 Å². The van der Waals surface area contributed by atoms with E-state index in [4.69, 9.17) is 23.2 Å². The van der Waals surface area contributed by atoms with E-state index in [2.05, 4.69) is 10.6 Å². The van der Waals surface area contributed by atoms with Crippen LogP contribution in [0.1, 0.15) is 36.0 Å². The molecule has 1 fully saturated rings. The number of carbonyl (C=O) groups excluding carboxylic acids is 2. The summed E-state index contributed by atoms with van der Waals surface area (Å²) in [5, 5.41) is 6.71. The zero-order chi connectivity index (χ0) is 19.9. The number of carbonyl (C=O) groups is 2. The Morgan fingerprint density at radius 2 is 1.57 bits per heavy atom. The molecule has 2 aromatic rings. The van der Waals surface area contributed by atoms with Crippen LogP contribution in [0, 0.1) is 0 Å². The highest BCUT2D eigenvalue weighted by Gasteiger charge is 2.17. The molecule has 0 aliphatic carbocycles. The second kappa shape index (κ2) is 9.80. The number of nitrogens with one attached hydrogen (secondary N) is 2. The number of likely N-dealkylation sites (tertiary alicyclic amines) is 1. The summed E-state index contributed by atoms with van der Waals surface area (Å²) < 4.78 is 0. The van der Waals surface area contributed by atoms with Crippen molar-refractivity contribution in [2.75, 3.05) is 30.3 Å². The minimum Gasteiger partial charge on any atom is -0.376 e. The van der Waals surface area contributed by atoms with Gasteiger partial charge in [0.15, 0.2) is 0 Å². The number of nitrogens with zero attached hydrogens (tertiary/aromatic N) is 1. The monoisotopic (exact) mass is 419 g/mol. The van der Waals surface area contributed by atoms with Crippen molar-refractivity contribution in [3.63, 3.8) is 0 Å². The van der Waals surface area contributed by atoms with E-state index in [0.29, 0.717) is 21.3 Å². The smallest absolute Gasteiger partial charge is 0.253 e. The maximum Gasteiger partial charge on any atom is 0.253 e.